The lowest BCUT2D eigenvalue weighted by Crippen LogP contribution is -2.59. The van der Waals surface area contributed by atoms with Crippen LogP contribution in [-0.4, -0.2) is 147 Å². The number of nitrogens with one attached hydrogen (secondary N) is 7. The molecule has 0 fully saturated rings. The number of H-pyrrole nitrogens is 1. The minimum absolute atomic E-state index is 0.0490. The van der Waals surface area contributed by atoms with Crippen LogP contribution >= 0.6 is 0 Å². The summed E-state index contributed by atoms with van der Waals surface area (Å²) in [4.78, 5) is 97.8. The van der Waals surface area contributed by atoms with Crippen LogP contribution in [0.15, 0.2) is 17.5 Å². The lowest BCUT2D eigenvalue weighted by molar-refractivity contribution is -0.143. The van der Waals surface area contributed by atoms with Crippen molar-refractivity contribution in [2.24, 2.45) is 22.2 Å². The van der Waals surface area contributed by atoms with Gasteiger partial charge in [0.05, 0.1) is 32.7 Å². The lowest BCUT2D eigenvalue weighted by atomic mass is 10.1. The molecule has 1 aromatic rings. The van der Waals surface area contributed by atoms with Crippen LogP contribution in [0.5, 0.6) is 0 Å². The molecule has 49 heavy (non-hydrogen) atoms. The molecule has 23 nitrogen and oxygen atoms in total. The second-order valence-corrected chi connectivity index (χ2v) is 10.5. The van der Waals surface area contributed by atoms with E-state index in [2.05, 4.69) is 46.9 Å². The highest BCUT2D eigenvalue weighted by Crippen LogP contribution is 2.05. The summed E-state index contributed by atoms with van der Waals surface area (Å²) in [5.74, 6) is -7.26. The zero-order valence-electron chi connectivity index (χ0n) is 26.5. The Balaban J connectivity index is 3.13. The topological polar surface area (TPSA) is 392 Å². The minimum atomic E-state index is -1.63. The van der Waals surface area contributed by atoms with Gasteiger partial charge >= 0.3 is 5.97 Å². The zero-order chi connectivity index (χ0) is 37.1. The molecule has 23 heteroatoms. The van der Waals surface area contributed by atoms with Gasteiger partial charge in [0.25, 0.3) is 0 Å². The number of aliphatic carboxylic acids is 1. The van der Waals surface area contributed by atoms with Crippen LogP contribution in [0.2, 0.25) is 0 Å². The molecule has 0 bridgehead atoms. The average molecular weight is 701 g/mol. The molecule has 0 saturated carbocycles. The van der Waals surface area contributed by atoms with E-state index in [1.807, 2.05) is 0 Å². The Hall–Kier alpha value is -5.39. The Morgan fingerprint density at radius 1 is 0.816 bits per heavy atom. The number of guanidine groups is 1. The SMILES string of the molecule is C[C@H](NC(=O)[C@H](CCCN=C(N)N)NC(=O)[C@H](Cc1cnc[nH]1)NC(=O)[C@H](CO)NC(=O)CNC(=O)[C@@H](N)CO)C(=O)N[C@@H](CO)C(=O)O. The normalized spacial score (nSPS) is 14.4. The van der Waals surface area contributed by atoms with Gasteiger partial charge in [-0.05, 0) is 19.8 Å². The third-order valence-electron chi connectivity index (χ3n) is 6.53. The Morgan fingerprint density at radius 2 is 1.41 bits per heavy atom. The second kappa shape index (κ2) is 21.5. The largest absolute Gasteiger partial charge is 0.480 e. The van der Waals surface area contributed by atoms with Crippen molar-refractivity contribution in [1.29, 1.82) is 0 Å². The van der Waals surface area contributed by atoms with Gasteiger partial charge in [-0.15, -0.1) is 0 Å². The number of aliphatic imine (C=N–C) groups is 1. The zero-order valence-corrected chi connectivity index (χ0v) is 26.5. The number of carbonyl (C=O) groups is 7. The number of rotatable bonds is 22. The van der Waals surface area contributed by atoms with Gasteiger partial charge in [0, 0.05) is 24.9 Å². The number of carbonyl (C=O) groups excluding carboxylic acids is 6. The Labute approximate surface area is 279 Å². The van der Waals surface area contributed by atoms with Gasteiger partial charge < -0.3 is 74.5 Å². The first-order valence-electron chi connectivity index (χ1n) is 14.8. The van der Waals surface area contributed by atoms with Gasteiger partial charge in [-0.1, -0.05) is 0 Å². The fourth-order valence-corrected chi connectivity index (χ4v) is 3.83. The third-order valence-corrected chi connectivity index (χ3v) is 6.53. The number of aromatic amines is 1. The number of nitrogens with zero attached hydrogens (tertiary/aromatic N) is 2. The fourth-order valence-electron chi connectivity index (χ4n) is 3.83. The van der Waals surface area contributed by atoms with E-state index in [0.29, 0.717) is 5.69 Å². The molecule has 1 heterocycles. The van der Waals surface area contributed by atoms with Gasteiger partial charge in [-0.2, -0.15) is 0 Å². The number of aromatic nitrogens is 2. The molecule has 1 rings (SSSR count). The molecule has 1 aromatic heterocycles. The van der Waals surface area contributed by atoms with Crippen molar-refractivity contribution in [3.8, 4) is 0 Å². The predicted octanol–water partition coefficient (Wildman–Crippen LogP) is -8.05. The van der Waals surface area contributed by atoms with Crippen molar-refractivity contribution in [1.82, 2.24) is 41.9 Å². The molecule has 6 amide bonds. The van der Waals surface area contributed by atoms with Crippen LogP contribution in [0.4, 0.5) is 0 Å². The number of hydrogen-bond acceptors (Lipinski definition) is 13. The first kappa shape index (κ1) is 41.6. The monoisotopic (exact) mass is 700 g/mol. The maximum atomic E-state index is 13.5. The Morgan fingerprint density at radius 3 is 1.96 bits per heavy atom. The van der Waals surface area contributed by atoms with E-state index >= 15 is 0 Å². The highest BCUT2D eigenvalue weighted by atomic mass is 16.4. The van der Waals surface area contributed by atoms with Crippen LogP contribution < -0.4 is 49.1 Å². The van der Waals surface area contributed by atoms with Crippen molar-refractivity contribution in [3.63, 3.8) is 0 Å². The van der Waals surface area contributed by atoms with Crippen molar-refractivity contribution >= 4 is 47.4 Å². The molecule has 0 saturated heterocycles. The molecule has 0 aliphatic rings. The molecule has 0 radical (unpaired) electrons. The number of aliphatic hydroxyl groups excluding tert-OH is 3. The van der Waals surface area contributed by atoms with Crippen molar-refractivity contribution in [3.05, 3.63) is 18.2 Å². The van der Waals surface area contributed by atoms with E-state index in [0.717, 1.165) is 0 Å². The van der Waals surface area contributed by atoms with E-state index in [1.165, 1.54) is 19.4 Å². The molecule has 274 valence electrons. The van der Waals surface area contributed by atoms with Gasteiger partial charge in [-0.3, -0.25) is 33.8 Å². The third kappa shape index (κ3) is 15.4. The Bertz CT molecular complexity index is 1310. The Kier molecular flexibility index (Phi) is 18.2. The highest BCUT2D eigenvalue weighted by molar-refractivity contribution is 5.96. The molecule has 17 N–H and O–H groups in total. The van der Waals surface area contributed by atoms with Crippen LogP contribution in [0.1, 0.15) is 25.5 Å². The summed E-state index contributed by atoms with van der Waals surface area (Å²) < 4.78 is 0. The summed E-state index contributed by atoms with van der Waals surface area (Å²) in [6, 6.07) is -8.63. The number of carboxylic acids is 1. The van der Waals surface area contributed by atoms with E-state index < -0.39 is 104 Å². The van der Waals surface area contributed by atoms with E-state index in [1.54, 1.807) is 0 Å². The second-order valence-electron chi connectivity index (χ2n) is 10.5. The van der Waals surface area contributed by atoms with Crippen LogP contribution in [0, 0.1) is 0 Å². The predicted molar refractivity (Wildman–Crippen MR) is 167 cm³/mol. The van der Waals surface area contributed by atoms with Crippen molar-refractivity contribution in [2.45, 2.75) is 62.4 Å². The fraction of sp³-hybridized carbons (Fsp3) is 0.577. The van der Waals surface area contributed by atoms with Gasteiger partial charge in [0.2, 0.25) is 35.4 Å². The number of aliphatic hydroxyl groups is 3. The van der Waals surface area contributed by atoms with E-state index in [9.17, 15) is 38.7 Å². The number of amides is 6. The smallest absolute Gasteiger partial charge is 0.328 e. The lowest BCUT2D eigenvalue weighted by Gasteiger charge is -2.25. The summed E-state index contributed by atoms with van der Waals surface area (Å²) in [6.07, 6.45) is 2.52. The van der Waals surface area contributed by atoms with Gasteiger partial charge in [-0.25, -0.2) is 9.78 Å². The molecule has 0 aromatic carbocycles. The number of carboxylic acid groups (broad SMARTS) is 1. The summed E-state index contributed by atoms with van der Waals surface area (Å²) in [7, 11) is 0. The van der Waals surface area contributed by atoms with Crippen LogP contribution in [0.25, 0.3) is 0 Å². The maximum absolute atomic E-state index is 13.5. The average Bonchev–Trinajstić information content (AvgIpc) is 3.58. The molecular formula is C26H44N12O11. The van der Waals surface area contributed by atoms with Crippen LogP contribution in [-0.2, 0) is 40.0 Å². The molecule has 0 spiro atoms. The van der Waals surface area contributed by atoms with E-state index in [4.69, 9.17) is 32.5 Å². The minimum Gasteiger partial charge on any atom is -0.480 e. The van der Waals surface area contributed by atoms with Gasteiger partial charge in [0.15, 0.2) is 5.96 Å². The molecular weight excluding hydrogens is 656 g/mol. The van der Waals surface area contributed by atoms with E-state index in [-0.39, 0.29) is 31.8 Å². The standard InChI is InChI=1S/C26H44N12O11/c1-12(20(43)38-18(10-41)25(48)49)34-22(45)15(3-2-4-31-26(28)29)36-23(46)16(5-13-6-30-11-33-13)37-24(47)17(9-40)35-19(42)7-32-21(44)14(27)8-39/h6,11-12,14-18,39-41H,2-5,7-10,27H2,1H3,(H,30,33)(H,32,44)(H,34,45)(H,35,42)(H,36,46)(H,37,47)(H,38,43)(H,48,49)(H4,28,29,31)/t12-,14-,15-,16-,17-,18-/m0/s1. The maximum Gasteiger partial charge on any atom is 0.328 e. The van der Waals surface area contributed by atoms with Crippen molar-refractivity contribution in [2.75, 3.05) is 32.9 Å². The first-order valence-corrected chi connectivity index (χ1v) is 14.8. The molecule has 0 unspecified atom stereocenters. The van der Waals surface area contributed by atoms with Gasteiger partial charge in [0.1, 0.15) is 36.3 Å². The summed E-state index contributed by atoms with van der Waals surface area (Å²) in [6.45, 7) is -1.88. The number of nitrogens with two attached hydrogens (primary N) is 3. The summed E-state index contributed by atoms with van der Waals surface area (Å²) >= 11 is 0. The van der Waals surface area contributed by atoms with Crippen molar-refractivity contribution < 1.29 is 54.0 Å². The molecule has 6 atom stereocenters. The summed E-state index contributed by atoms with van der Waals surface area (Å²) in [5, 5.41) is 50.5. The molecule has 0 aliphatic carbocycles. The van der Waals surface area contributed by atoms with Crippen LogP contribution in [0.3, 0.4) is 0 Å². The first-order chi connectivity index (χ1) is 23.1. The quantitative estimate of drug-likeness (QED) is 0.0303. The summed E-state index contributed by atoms with van der Waals surface area (Å²) in [5.41, 5.74) is 16.4. The highest BCUT2D eigenvalue weighted by Gasteiger charge is 2.31. The number of imidazole rings is 1. The number of hydrogen-bond donors (Lipinski definition) is 14. The molecule has 0 aliphatic heterocycles.